The molecule has 2 atom stereocenters. The van der Waals surface area contributed by atoms with Crippen LogP contribution >= 0.6 is 11.6 Å². The Hall–Kier alpha value is -1.06. The van der Waals surface area contributed by atoms with Crippen molar-refractivity contribution < 1.29 is 4.79 Å². The minimum absolute atomic E-state index is 0.246. The summed E-state index contributed by atoms with van der Waals surface area (Å²) in [5.74, 6) is 1.64. The van der Waals surface area contributed by atoms with E-state index >= 15 is 0 Å². The molecule has 3 nitrogen and oxygen atoms in total. The Kier molecular flexibility index (Phi) is 4.23. The highest BCUT2D eigenvalue weighted by atomic mass is 35.5. The molecule has 0 saturated carbocycles. The second kappa shape index (κ2) is 5.98. The SMILES string of the molecule is CC(C)CN1C[C@@H]2CN(C(=O)Cc3ccc(Cl)cc3)C[C@H]21. The first-order chi connectivity index (χ1) is 10.0. The van der Waals surface area contributed by atoms with Crippen molar-refractivity contribution >= 4 is 17.5 Å². The van der Waals surface area contributed by atoms with Crippen molar-refractivity contribution in [2.45, 2.75) is 26.3 Å². The van der Waals surface area contributed by atoms with Crippen LogP contribution in [-0.2, 0) is 11.2 Å². The number of benzene rings is 1. The smallest absolute Gasteiger partial charge is 0.227 e. The zero-order valence-corrected chi connectivity index (χ0v) is 13.5. The molecule has 0 unspecified atom stereocenters. The molecule has 114 valence electrons. The summed E-state index contributed by atoms with van der Waals surface area (Å²) in [6.45, 7) is 8.67. The zero-order valence-electron chi connectivity index (χ0n) is 12.8. The molecule has 0 radical (unpaired) electrons. The lowest BCUT2D eigenvalue weighted by atomic mass is 9.91. The van der Waals surface area contributed by atoms with Crippen molar-refractivity contribution in [1.82, 2.24) is 9.80 Å². The molecule has 3 rings (SSSR count). The number of carbonyl (C=O) groups is 1. The third-order valence-corrected chi connectivity index (χ3v) is 4.82. The van der Waals surface area contributed by atoms with Crippen LogP contribution < -0.4 is 0 Å². The Morgan fingerprint density at radius 3 is 2.62 bits per heavy atom. The minimum Gasteiger partial charge on any atom is -0.340 e. The highest BCUT2D eigenvalue weighted by Gasteiger charge is 2.46. The van der Waals surface area contributed by atoms with Crippen LogP contribution in [0.4, 0.5) is 0 Å². The first kappa shape index (κ1) is 14.9. The second-order valence-electron chi connectivity index (χ2n) is 6.78. The highest BCUT2D eigenvalue weighted by molar-refractivity contribution is 6.30. The predicted octanol–water partition coefficient (Wildman–Crippen LogP) is 2.68. The fourth-order valence-corrected chi connectivity index (χ4v) is 3.64. The lowest BCUT2D eigenvalue weighted by molar-refractivity contribution is -0.129. The molecule has 2 fully saturated rings. The summed E-state index contributed by atoms with van der Waals surface area (Å²) in [6.07, 6.45) is 0.487. The van der Waals surface area contributed by atoms with E-state index < -0.39 is 0 Å². The van der Waals surface area contributed by atoms with Crippen molar-refractivity contribution in [1.29, 1.82) is 0 Å². The summed E-state index contributed by atoms with van der Waals surface area (Å²) in [5, 5.41) is 0.717. The van der Waals surface area contributed by atoms with Gasteiger partial charge in [-0.05, 0) is 23.6 Å². The van der Waals surface area contributed by atoms with E-state index in [0.29, 0.717) is 24.3 Å². The van der Waals surface area contributed by atoms with Gasteiger partial charge in [0.15, 0.2) is 0 Å². The number of carbonyl (C=O) groups excluding carboxylic acids is 1. The van der Waals surface area contributed by atoms with Crippen molar-refractivity contribution in [3.63, 3.8) is 0 Å². The molecule has 1 amide bonds. The Bertz CT molecular complexity index is 514. The Morgan fingerprint density at radius 2 is 1.95 bits per heavy atom. The standard InChI is InChI=1S/C17H23ClN2O/c1-12(2)8-19-9-14-10-20(11-16(14)19)17(21)7-13-3-5-15(18)6-4-13/h3-6,12,14,16H,7-11H2,1-2H3/t14-,16-/m1/s1. The van der Waals surface area contributed by atoms with Gasteiger partial charge in [-0.25, -0.2) is 0 Å². The lowest BCUT2D eigenvalue weighted by Crippen LogP contribution is -2.56. The fourth-order valence-electron chi connectivity index (χ4n) is 3.52. The highest BCUT2D eigenvalue weighted by Crippen LogP contribution is 2.33. The van der Waals surface area contributed by atoms with Gasteiger partial charge in [0.25, 0.3) is 0 Å². The second-order valence-corrected chi connectivity index (χ2v) is 7.21. The van der Waals surface area contributed by atoms with Crippen molar-refractivity contribution in [2.24, 2.45) is 11.8 Å². The van der Waals surface area contributed by atoms with E-state index in [0.717, 1.165) is 36.8 Å². The maximum Gasteiger partial charge on any atom is 0.227 e. The Balaban J connectivity index is 1.54. The van der Waals surface area contributed by atoms with Gasteiger partial charge in [0, 0.05) is 43.2 Å². The van der Waals surface area contributed by atoms with Gasteiger partial charge in [0.1, 0.15) is 0 Å². The first-order valence-corrected chi connectivity index (χ1v) is 8.17. The number of hydrogen-bond donors (Lipinski definition) is 0. The van der Waals surface area contributed by atoms with Gasteiger partial charge < -0.3 is 4.90 Å². The van der Waals surface area contributed by atoms with Gasteiger partial charge in [-0.1, -0.05) is 37.6 Å². The molecule has 2 heterocycles. The largest absolute Gasteiger partial charge is 0.340 e. The first-order valence-electron chi connectivity index (χ1n) is 7.79. The molecule has 4 heteroatoms. The number of hydrogen-bond acceptors (Lipinski definition) is 2. The quantitative estimate of drug-likeness (QED) is 0.854. The molecule has 2 saturated heterocycles. The molecule has 0 aliphatic carbocycles. The van der Waals surface area contributed by atoms with Crippen molar-refractivity contribution in [3.8, 4) is 0 Å². The number of halogens is 1. The van der Waals surface area contributed by atoms with Gasteiger partial charge in [0.2, 0.25) is 5.91 Å². The molecule has 2 aliphatic rings. The van der Waals surface area contributed by atoms with E-state index in [2.05, 4.69) is 18.7 Å². The Labute approximate surface area is 131 Å². The van der Waals surface area contributed by atoms with Crippen LogP contribution in [0.3, 0.4) is 0 Å². The van der Waals surface area contributed by atoms with Gasteiger partial charge in [-0.2, -0.15) is 0 Å². The molecular weight excluding hydrogens is 284 g/mol. The van der Waals surface area contributed by atoms with Gasteiger partial charge in [-0.15, -0.1) is 0 Å². The fraction of sp³-hybridized carbons (Fsp3) is 0.588. The average molecular weight is 307 g/mol. The van der Waals surface area contributed by atoms with E-state index in [4.69, 9.17) is 11.6 Å². The number of likely N-dealkylation sites (tertiary alicyclic amines) is 2. The van der Waals surface area contributed by atoms with E-state index in [-0.39, 0.29) is 5.91 Å². The van der Waals surface area contributed by atoms with Crippen LogP contribution in [0.5, 0.6) is 0 Å². The van der Waals surface area contributed by atoms with Crippen LogP contribution in [0.15, 0.2) is 24.3 Å². The summed E-state index contributed by atoms with van der Waals surface area (Å²) in [4.78, 5) is 17.0. The Morgan fingerprint density at radius 1 is 1.24 bits per heavy atom. The van der Waals surface area contributed by atoms with Gasteiger partial charge >= 0.3 is 0 Å². The van der Waals surface area contributed by atoms with Gasteiger partial charge in [0.05, 0.1) is 6.42 Å². The lowest BCUT2D eigenvalue weighted by Gasteiger charge is -2.44. The molecular formula is C17H23ClN2O. The van der Waals surface area contributed by atoms with Crippen LogP contribution in [0.25, 0.3) is 0 Å². The third kappa shape index (κ3) is 3.24. The van der Waals surface area contributed by atoms with Crippen LogP contribution in [0, 0.1) is 11.8 Å². The maximum absolute atomic E-state index is 12.4. The number of fused-ring (bicyclic) bond motifs is 1. The molecule has 0 aromatic heterocycles. The average Bonchev–Trinajstić information content (AvgIpc) is 2.76. The van der Waals surface area contributed by atoms with Crippen LogP contribution in [0.2, 0.25) is 5.02 Å². The monoisotopic (exact) mass is 306 g/mol. The summed E-state index contributed by atoms with van der Waals surface area (Å²) >= 11 is 5.88. The molecule has 1 aromatic carbocycles. The normalized spacial score (nSPS) is 25.0. The predicted molar refractivity (Wildman–Crippen MR) is 85.4 cm³/mol. The van der Waals surface area contributed by atoms with E-state index in [1.54, 1.807) is 0 Å². The molecule has 21 heavy (non-hydrogen) atoms. The molecule has 2 aliphatic heterocycles. The van der Waals surface area contributed by atoms with E-state index in [1.165, 1.54) is 0 Å². The zero-order chi connectivity index (χ0) is 15.0. The molecule has 0 spiro atoms. The van der Waals surface area contributed by atoms with E-state index in [1.807, 2.05) is 29.2 Å². The topological polar surface area (TPSA) is 23.6 Å². The minimum atomic E-state index is 0.246. The third-order valence-electron chi connectivity index (χ3n) is 4.57. The summed E-state index contributed by atoms with van der Waals surface area (Å²) < 4.78 is 0. The maximum atomic E-state index is 12.4. The van der Waals surface area contributed by atoms with E-state index in [9.17, 15) is 4.79 Å². The van der Waals surface area contributed by atoms with Crippen LogP contribution in [-0.4, -0.2) is 47.9 Å². The van der Waals surface area contributed by atoms with Gasteiger partial charge in [-0.3, -0.25) is 9.69 Å². The van der Waals surface area contributed by atoms with Crippen LogP contribution in [0.1, 0.15) is 19.4 Å². The van der Waals surface area contributed by atoms with Crippen molar-refractivity contribution in [2.75, 3.05) is 26.2 Å². The summed E-state index contributed by atoms with van der Waals surface area (Å²) in [7, 11) is 0. The molecule has 1 aromatic rings. The summed E-state index contributed by atoms with van der Waals surface area (Å²) in [5.41, 5.74) is 1.04. The molecule has 0 N–H and O–H groups in total. The summed E-state index contributed by atoms with van der Waals surface area (Å²) in [6, 6.07) is 8.18. The number of amides is 1. The van der Waals surface area contributed by atoms with Crippen molar-refractivity contribution in [3.05, 3.63) is 34.9 Å². The number of nitrogens with zero attached hydrogens (tertiary/aromatic N) is 2. The number of rotatable bonds is 4. The molecule has 0 bridgehead atoms.